The highest BCUT2D eigenvalue weighted by Crippen LogP contribution is 2.45. The largest absolute Gasteiger partial charge is 0.370 e. The fourth-order valence-corrected chi connectivity index (χ4v) is 19.6. The van der Waals surface area contributed by atoms with Crippen LogP contribution in [0.2, 0.25) is 0 Å². The number of rotatable bonds is 5. The van der Waals surface area contributed by atoms with Gasteiger partial charge < -0.3 is 31.5 Å². The quantitative estimate of drug-likeness (QED) is 0.147. The van der Waals surface area contributed by atoms with Gasteiger partial charge in [-0.2, -0.15) is 11.3 Å². The van der Waals surface area contributed by atoms with Gasteiger partial charge in [-0.15, -0.1) is 0 Å². The number of nitrogens with one attached hydrogen (secondary N) is 1. The van der Waals surface area contributed by atoms with Crippen LogP contribution in [0.3, 0.4) is 0 Å². The molecule has 0 bridgehead atoms. The summed E-state index contributed by atoms with van der Waals surface area (Å²) in [5.74, 6) is 3.61. The standard InChI is InChI=1S/C19H20N2.C18H20N4.C18H19N3.C17H19N5.C17H19N3S/c1-14-20-13-19(21-14)11-10-18-16(12-19)8-5-9-17(18)15-6-3-2-4-7-15;1-13-21-18(11-22(13)2)7-6-17-14(8-18)4-3-5-16(17)15-9-19-12-20-10-15;1-13-5-7-18(21-13)8-6-17-14(9-18)3-2-4-16(17)15-10-19-12-20-11-15;1-22-10-17(21-16(22)18)6-5-15-12(7-17)3-2-4-14(15)13-8-19-11-20-9-13;1-20-11-17(19-16(20)18)7-5-15-12(9-17)3-2-4-14(15)13-6-8-21-10-13/h2-9H,10-13H2,1H3,(H,20,21);3-5,9-10,12H,6-8,11H2,1-2H3;2-4,10-12H,5-9H2,1H3;2-4,8-9,11H,5-7,10H2,1H3,(H2,18,21);2-4,6,8,10H,5,7,9,11H2,1H3,(H2,18,19)/t;;18-;;/m..0../s1. The van der Waals surface area contributed by atoms with Crippen LogP contribution < -0.4 is 16.8 Å². The van der Waals surface area contributed by atoms with E-state index in [0.29, 0.717) is 11.9 Å². The average molecular weight is 1440 g/mol. The van der Waals surface area contributed by atoms with Crippen LogP contribution >= 0.6 is 11.3 Å². The summed E-state index contributed by atoms with van der Waals surface area (Å²) >= 11 is 1.76. The summed E-state index contributed by atoms with van der Waals surface area (Å²) in [6, 6.07) is 46.1. The van der Waals surface area contributed by atoms with Crippen molar-refractivity contribution in [3.8, 4) is 55.6 Å². The van der Waals surface area contributed by atoms with E-state index in [9.17, 15) is 0 Å². The zero-order valence-corrected chi connectivity index (χ0v) is 63.5. The molecule has 6 aromatic carbocycles. The second-order valence-electron chi connectivity index (χ2n) is 31.6. The highest BCUT2D eigenvalue weighted by atomic mass is 32.1. The molecule has 9 heterocycles. The molecule has 544 valence electrons. The van der Waals surface area contributed by atoms with Crippen molar-refractivity contribution in [3.05, 3.63) is 250 Å². The van der Waals surface area contributed by atoms with Crippen molar-refractivity contribution in [1.29, 1.82) is 0 Å². The molecule has 5 aliphatic carbocycles. The van der Waals surface area contributed by atoms with Crippen LogP contribution in [0.15, 0.2) is 219 Å². The van der Waals surface area contributed by atoms with E-state index in [0.717, 1.165) is 138 Å². The first kappa shape index (κ1) is 70.7. The van der Waals surface area contributed by atoms with Gasteiger partial charge in [0.1, 0.15) is 19.0 Å². The Kier molecular flexibility index (Phi) is 19.6. The van der Waals surface area contributed by atoms with Gasteiger partial charge in [-0.1, -0.05) is 121 Å². The Morgan fingerprint density at radius 3 is 1.13 bits per heavy atom. The Morgan fingerprint density at radius 2 is 0.757 bits per heavy atom. The molecule has 0 saturated heterocycles. The van der Waals surface area contributed by atoms with E-state index in [1.54, 1.807) is 30.3 Å². The van der Waals surface area contributed by atoms with Gasteiger partial charge in [0.2, 0.25) is 0 Å². The second-order valence-corrected chi connectivity index (χ2v) is 32.4. The minimum Gasteiger partial charge on any atom is -0.370 e. The third-order valence-corrected chi connectivity index (χ3v) is 24.9. The summed E-state index contributed by atoms with van der Waals surface area (Å²) in [6.07, 6.45) is 34.7. The van der Waals surface area contributed by atoms with Gasteiger partial charge in [0.05, 0.1) is 45.9 Å². The molecule has 107 heavy (non-hydrogen) atoms. The Hall–Kier alpha value is -10.6. The first-order valence-electron chi connectivity index (χ1n) is 38.2. The summed E-state index contributed by atoms with van der Waals surface area (Å²) in [5.41, 5.74) is 40.9. The lowest BCUT2D eigenvalue weighted by atomic mass is 9.75. The molecular formula is C89H97N17S. The van der Waals surface area contributed by atoms with Crippen molar-refractivity contribution in [3.63, 3.8) is 0 Å². The van der Waals surface area contributed by atoms with E-state index < -0.39 is 0 Å². The number of aromatic nitrogens is 6. The van der Waals surface area contributed by atoms with Crippen LogP contribution in [0.25, 0.3) is 55.6 Å². The second kappa shape index (κ2) is 29.6. The number of amidine groups is 2. The molecule has 0 saturated carbocycles. The lowest BCUT2D eigenvalue weighted by Gasteiger charge is -2.35. The predicted octanol–water partition coefficient (Wildman–Crippen LogP) is 14.5. The fraction of sp³-hybridized carbons (Fsp3) is 0.360. The molecule has 5 atom stereocenters. The number of hydrogen-bond acceptors (Lipinski definition) is 18. The molecule has 0 radical (unpaired) electrons. The summed E-state index contributed by atoms with van der Waals surface area (Å²) < 4.78 is 0. The molecule has 20 rings (SSSR count). The normalized spacial score (nSPS) is 23.8. The monoisotopic (exact) mass is 1440 g/mol. The number of hydrogen-bond donors (Lipinski definition) is 3. The third-order valence-electron chi connectivity index (χ3n) is 24.2. The van der Waals surface area contributed by atoms with Gasteiger partial charge in [0, 0.05) is 100 Å². The molecule has 5 aliphatic heterocycles. The molecular weight excluding hydrogens is 1340 g/mol. The van der Waals surface area contributed by atoms with Gasteiger partial charge in [0.15, 0.2) is 11.9 Å². The number of nitrogens with two attached hydrogens (primary N) is 2. The van der Waals surface area contributed by atoms with Crippen LogP contribution in [-0.4, -0.2) is 149 Å². The van der Waals surface area contributed by atoms with E-state index in [4.69, 9.17) is 31.4 Å². The fourth-order valence-electron chi connectivity index (χ4n) is 18.9. The first-order chi connectivity index (χ1) is 52.0. The number of fused-ring (bicyclic) bond motifs is 5. The van der Waals surface area contributed by atoms with Crippen molar-refractivity contribution >= 4 is 40.6 Å². The van der Waals surface area contributed by atoms with Crippen LogP contribution in [0.4, 0.5) is 0 Å². The summed E-state index contributed by atoms with van der Waals surface area (Å²) in [7, 11) is 6.19. The molecule has 5 spiro atoms. The number of aliphatic imine (C=N–C) groups is 5. The SMILES string of the molecule is CC1=NC2(CCc3c(cccc3-c3cncnc3)C2)CN1C.CC1=NCC2(CCc3c(cccc3-c3ccccc3)C2)N1.CC1=N[C@@]2(CC1)CCc1c(cccc1-c1cncnc1)C2.CN1CC2(CCc3c(cccc3-c3ccsc3)C2)N=C1N.CN1CC2(CCc3c(cccc3-c3cncnc3)C2)N=C1N. The van der Waals surface area contributed by atoms with Crippen LogP contribution in [0.1, 0.15) is 121 Å². The number of benzene rings is 6. The van der Waals surface area contributed by atoms with Gasteiger partial charge in [-0.05, 0) is 241 Å². The van der Waals surface area contributed by atoms with Gasteiger partial charge in [-0.25, -0.2) is 39.9 Å². The van der Waals surface area contributed by atoms with E-state index in [1.165, 1.54) is 126 Å². The summed E-state index contributed by atoms with van der Waals surface area (Å²) in [4.78, 5) is 55.4. The maximum Gasteiger partial charge on any atom is 0.191 e. The molecule has 0 amide bonds. The molecule has 18 heteroatoms. The van der Waals surface area contributed by atoms with Crippen molar-refractivity contribution in [1.82, 2.24) is 49.9 Å². The Bertz CT molecular complexity index is 4930. The molecule has 0 fully saturated rings. The summed E-state index contributed by atoms with van der Waals surface area (Å²) in [6.45, 7) is 10.2. The topological polar surface area (TPSA) is 213 Å². The van der Waals surface area contributed by atoms with Gasteiger partial charge in [-0.3, -0.25) is 15.0 Å². The Morgan fingerprint density at radius 1 is 0.374 bits per heavy atom. The maximum atomic E-state index is 5.99. The minimum atomic E-state index is -0.0440. The first-order valence-corrected chi connectivity index (χ1v) is 39.1. The number of thiophene rings is 1. The van der Waals surface area contributed by atoms with Crippen molar-refractivity contribution < 1.29 is 0 Å². The van der Waals surface area contributed by atoms with Crippen molar-refractivity contribution in [2.24, 2.45) is 36.4 Å². The molecule has 10 aliphatic rings. The van der Waals surface area contributed by atoms with E-state index in [-0.39, 0.29) is 27.7 Å². The van der Waals surface area contributed by atoms with E-state index in [2.05, 4.69) is 221 Å². The minimum absolute atomic E-state index is 0.000890. The lowest BCUT2D eigenvalue weighted by Crippen LogP contribution is -2.49. The average Bonchev–Trinajstić information content (AvgIpc) is 1.73. The maximum absolute atomic E-state index is 5.99. The van der Waals surface area contributed by atoms with Crippen LogP contribution in [0.5, 0.6) is 0 Å². The predicted molar refractivity (Wildman–Crippen MR) is 436 cm³/mol. The highest BCUT2D eigenvalue weighted by Gasteiger charge is 2.45. The zero-order valence-electron chi connectivity index (χ0n) is 62.6. The van der Waals surface area contributed by atoms with Crippen LogP contribution in [0, 0.1) is 0 Å². The number of nitrogens with zero attached hydrogens (tertiary/aromatic N) is 14. The van der Waals surface area contributed by atoms with Crippen LogP contribution in [-0.2, 0) is 64.2 Å². The zero-order chi connectivity index (χ0) is 73.3. The van der Waals surface area contributed by atoms with E-state index >= 15 is 0 Å². The van der Waals surface area contributed by atoms with Gasteiger partial charge >= 0.3 is 0 Å². The third kappa shape index (κ3) is 14.8. The summed E-state index contributed by atoms with van der Waals surface area (Å²) in [5, 5.41) is 8.00. The van der Waals surface area contributed by atoms with Gasteiger partial charge in [0.25, 0.3) is 0 Å². The number of guanidine groups is 2. The molecule has 4 unspecified atom stereocenters. The lowest BCUT2D eigenvalue weighted by molar-refractivity contribution is 0.335. The molecule has 10 aromatic rings. The molecule has 5 N–H and O–H groups in total. The van der Waals surface area contributed by atoms with Crippen molar-refractivity contribution in [2.75, 3.05) is 47.3 Å². The smallest absolute Gasteiger partial charge is 0.191 e. The van der Waals surface area contributed by atoms with Crippen molar-refractivity contribution in [2.45, 2.75) is 158 Å². The number of likely N-dealkylation sites (N-methyl/N-ethyl adjacent to an activating group) is 3. The Labute approximate surface area is 633 Å². The Balaban J connectivity index is 0.000000102. The molecule has 17 nitrogen and oxygen atoms in total. The molecule has 4 aromatic heterocycles. The highest BCUT2D eigenvalue weighted by molar-refractivity contribution is 7.08. The van der Waals surface area contributed by atoms with E-state index in [1.807, 2.05) is 51.3 Å².